The molecule has 1 aliphatic heterocycles. The molecule has 0 spiro atoms. The molecule has 1 amide bonds. The zero-order chi connectivity index (χ0) is 17.3. The van der Waals surface area contributed by atoms with Crippen molar-refractivity contribution in [3.8, 4) is 0 Å². The van der Waals surface area contributed by atoms with E-state index in [9.17, 15) is 14.7 Å². The van der Waals surface area contributed by atoms with Gasteiger partial charge in [-0.05, 0) is 56.2 Å². The summed E-state index contributed by atoms with van der Waals surface area (Å²) < 4.78 is 0. The number of fused-ring (bicyclic) bond motifs is 1. The van der Waals surface area contributed by atoms with Crippen molar-refractivity contribution >= 4 is 17.6 Å². The Morgan fingerprint density at radius 3 is 2.75 bits per heavy atom. The van der Waals surface area contributed by atoms with Crippen LogP contribution in [0.15, 0.2) is 18.2 Å². The number of anilines is 1. The molecule has 24 heavy (non-hydrogen) atoms. The fraction of sp³-hybridized carbons (Fsp3) is 0.579. The van der Waals surface area contributed by atoms with Crippen LogP contribution in [-0.2, 0) is 9.59 Å². The number of aliphatic carboxylic acids is 1. The van der Waals surface area contributed by atoms with E-state index in [1.807, 2.05) is 36.9 Å². The van der Waals surface area contributed by atoms with Crippen molar-refractivity contribution in [1.29, 1.82) is 0 Å². The number of carboxylic acid groups (broad SMARTS) is 1. The Morgan fingerprint density at radius 2 is 2.00 bits per heavy atom. The predicted octanol–water partition coefficient (Wildman–Crippen LogP) is 2.96. The Morgan fingerprint density at radius 1 is 1.25 bits per heavy atom. The molecule has 2 N–H and O–H groups in total. The molecule has 1 heterocycles. The number of likely N-dealkylation sites (tertiary alicyclic amines) is 1. The van der Waals surface area contributed by atoms with Crippen LogP contribution < -0.4 is 5.32 Å². The maximum Gasteiger partial charge on any atom is 0.320 e. The summed E-state index contributed by atoms with van der Waals surface area (Å²) in [4.78, 5) is 26.1. The lowest BCUT2D eigenvalue weighted by Gasteiger charge is -2.32. The molecule has 5 heteroatoms. The van der Waals surface area contributed by atoms with E-state index in [1.54, 1.807) is 0 Å². The van der Waals surface area contributed by atoms with Gasteiger partial charge in [-0.15, -0.1) is 0 Å². The number of carboxylic acids is 1. The molecule has 3 unspecified atom stereocenters. The molecule has 1 aromatic carbocycles. The average molecular weight is 330 g/mol. The monoisotopic (exact) mass is 330 g/mol. The van der Waals surface area contributed by atoms with Crippen LogP contribution in [-0.4, -0.2) is 40.5 Å². The predicted molar refractivity (Wildman–Crippen MR) is 93.0 cm³/mol. The van der Waals surface area contributed by atoms with E-state index in [0.717, 1.165) is 36.1 Å². The van der Waals surface area contributed by atoms with Gasteiger partial charge in [-0.2, -0.15) is 0 Å². The van der Waals surface area contributed by atoms with E-state index < -0.39 is 12.0 Å². The van der Waals surface area contributed by atoms with Crippen molar-refractivity contribution in [2.75, 3.05) is 11.9 Å². The zero-order valence-electron chi connectivity index (χ0n) is 14.4. The minimum absolute atomic E-state index is 0.124. The first-order valence-corrected chi connectivity index (χ1v) is 8.81. The zero-order valence-corrected chi connectivity index (χ0v) is 14.4. The molecule has 2 fully saturated rings. The van der Waals surface area contributed by atoms with Crippen molar-refractivity contribution in [3.63, 3.8) is 0 Å². The second-order valence-electron chi connectivity index (χ2n) is 7.24. The van der Waals surface area contributed by atoms with E-state index >= 15 is 0 Å². The first kappa shape index (κ1) is 17.0. The van der Waals surface area contributed by atoms with Gasteiger partial charge >= 0.3 is 5.97 Å². The summed E-state index contributed by atoms with van der Waals surface area (Å²) in [7, 11) is 0. The Kier molecular flexibility index (Phi) is 4.90. The molecule has 3 atom stereocenters. The van der Waals surface area contributed by atoms with Gasteiger partial charge in [0, 0.05) is 11.7 Å². The third-order valence-electron chi connectivity index (χ3n) is 5.50. The Labute approximate surface area is 143 Å². The fourth-order valence-electron chi connectivity index (χ4n) is 4.25. The van der Waals surface area contributed by atoms with Crippen molar-refractivity contribution in [3.05, 3.63) is 29.3 Å². The van der Waals surface area contributed by atoms with E-state index in [1.165, 1.54) is 6.42 Å². The van der Waals surface area contributed by atoms with Crippen LogP contribution in [0.3, 0.4) is 0 Å². The second kappa shape index (κ2) is 6.93. The summed E-state index contributed by atoms with van der Waals surface area (Å²) in [6.07, 6.45) is 5.07. The number of hydrogen-bond acceptors (Lipinski definition) is 3. The van der Waals surface area contributed by atoms with Gasteiger partial charge in [-0.1, -0.05) is 25.0 Å². The number of benzene rings is 1. The molecule has 1 saturated heterocycles. The first-order chi connectivity index (χ1) is 11.5. The van der Waals surface area contributed by atoms with Crippen LogP contribution >= 0.6 is 0 Å². The molecule has 0 bridgehead atoms. The van der Waals surface area contributed by atoms with Gasteiger partial charge in [-0.25, -0.2) is 0 Å². The van der Waals surface area contributed by atoms with E-state index in [4.69, 9.17) is 0 Å². The summed E-state index contributed by atoms with van der Waals surface area (Å²) in [5.74, 6) is -0.501. The molecular weight excluding hydrogens is 304 g/mol. The van der Waals surface area contributed by atoms with Crippen molar-refractivity contribution in [1.82, 2.24) is 4.90 Å². The standard InChI is InChI=1S/C19H26N2O3/c1-12-7-8-13(2)15(9-12)20-18(22)11-21-16-6-4-3-5-14(16)10-17(21)19(23)24/h7-9,14,16-17H,3-6,10-11H2,1-2H3,(H,20,22)(H,23,24). The second-order valence-corrected chi connectivity index (χ2v) is 7.24. The van der Waals surface area contributed by atoms with Crippen LogP contribution in [0.4, 0.5) is 5.69 Å². The highest BCUT2D eigenvalue weighted by molar-refractivity contribution is 5.93. The number of rotatable bonds is 4. The highest BCUT2D eigenvalue weighted by Crippen LogP contribution is 2.39. The van der Waals surface area contributed by atoms with Gasteiger partial charge in [0.25, 0.3) is 0 Å². The van der Waals surface area contributed by atoms with Gasteiger partial charge in [-0.3, -0.25) is 14.5 Å². The maximum absolute atomic E-state index is 12.5. The minimum Gasteiger partial charge on any atom is -0.480 e. The van der Waals surface area contributed by atoms with Crippen molar-refractivity contribution in [2.24, 2.45) is 5.92 Å². The highest BCUT2D eigenvalue weighted by Gasteiger charge is 2.45. The fourth-order valence-corrected chi connectivity index (χ4v) is 4.25. The van der Waals surface area contributed by atoms with Crippen molar-refractivity contribution in [2.45, 2.75) is 58.0 Å². The minimum atomic E-state index is -0.802. The molecule has 0 radical (unpaired) electrons. The number of nitrogens with zero attached hydrogens (tertiary/aromatic N) is 1. The van der Waals surface area contributed by atoms with Crippen LogP contribution in [0.5, 0.6) is 0 Å². The lowest BCUT2D eigenvalue weighted by Crippen LogP contribution is -2.46. The average Bonchev–Trinajstić information content (AvgIpc) is 2.90. The van der Waals surface area contributed by atoms with E-state index in [0.29, 0.717) is 12.3 Å². The first-order valence-electron chi connectivity index (χ1n) is 8.81. The smallest absolute Gasteiger partial charge is 0.320 e. The number of nitrogens with one attached hydrogen (secondary N) is 1. The number of carbonyl (C=O) groups excluding carboxylic acids is 1. The molecule has 1 aliphatic carbocycles. The summed E-state index contributed by atoms with van der Waals surface area (Å²) in [6, 6.07) is 5.66. The number of amides is 1. The third kappa shape index (κ3) is 3.46. The molecule has 2 aliphatic rings. The van der Waals surface area contributed by atoms with Crippen molar-refractivity contribution < 1.29 is 14.7 Å². The normalized spacial score (nSPS) is 26.8. The highest BCUT2D eigenvalue weighted by atomic mass is 16.4. The summed E-state index contributed by atoms with van der Waals surface area (Å²) in [6.45, 7) is 4.11. The van der Waals surface area contributed by atoms with Crippen LogP contribution in [0.2, 0.25) is 0 Å². The molecule has 0 aromatic heterocycles. The molecule has 1 saturated carbocycles. The summed E-state index contributed by atoms with van der Waals surface area (Å²) >= 11 is 0. The topological polar surface area (TPSA) is 69.6 Å². The number of aryl methyl sites for hydroxylation is 2. The molecule has 5 nitrogen and oxygen atoms in total. The lowest BCUT2D eigenvalue weighted by atomic mass is 9.85. The number of hydrogen-bond donors (Lipinski definition) is 2. The Bertz CT molecular complexity index is 643. The van der Waals surface area contributed by atoms with Crippen LogP contribution in [0.1, 0.15) is 43.2 Å². The largest absolute Gasteiger partial charge is 0.480 e. The number of carbonyl (C=O) groups is 2. The van der Waals surface area contributed by atoms with Crippen LogP contribution in [0.25, 0.3) is 0 Å². The summed E-state index contributed by atoms with van der Waals surface area (Å²) in [5, 5.41) is 12.5. The van der Waals surface area contributed by atoms with E-state index in [2.05, 4.69) is 5.32 Å². The van der Waals surface area contributed by atoms with E-state index in [-0.39, 0.29) is 18.5 Å². The van der Waals surface area contributed by atoms with Gasteiger partial charge in [0.1, 0.15) is 6.04 Å². The van der Waals surface area contributed by atoms with Crippen LogP contribution in [0, 0.1) is 19.8 Å². The van der Waals surface area contributed by atoms with Gasteiger partial charge < -0.3 is 10.4 Å². The van der Waals surface area contributed by atoms with Gasteiger partial charge in [0.05, 0.1) is 6.54 Å². The SMILES string of the molecule is Cc1ccc(C)c(NC(=O)CN2C(C(=O)O)CC3CCCCC32)c1. The molecule has 130 valence electrons. The third-order valence-corrected chi connectivity index (χ3v) is 5.50. The molecular formula is C19H26N2O3. The lowest BCUT2D eigenvalue weighted by molar-refractivity contribution is -0.143. The quantitative estimate of drug-likeness (QED) is 0.890. The molecule has 1 aromatic rings. The Hall–Kier alpha value is -1.88. The molecule has 3 rings (SSSR count). The van der Waals surface area contributed by atoms with Gasteiger partial charge in [0.2, 0.25) is 5.91 Å². The summed E-state index contributed by atoms with van der Waals surface area (Å²) in [5.41, 5.74) is 2.92. The Balaban J connectivity index is 1.71. The van der Waals surface area contributed by atoms with Gasteiger partial charge in [0.15, 0.2) is 0 Å². The maximum atomic E-state index is 12.5.